The van der Waals surface area contributed by atoms with Gasteiger partial charge in [-0.15, -0.1) is 0 Å². The summed E-state index contributed by atoms with van der Waals surface area (Å²) in [6.07, 6.45) is 2.19. The van der Waals surface area contributed by atoms with Crippen molar-refractivity contribution in [1.82, 2.24) is 4.98 Å². The van der Waals surface area contributed by atoms with E-state index >= 15 is 0 Å². The first-order valence-electron chi connectivity index (χ1n) is 7.29. The smallest absolute Gasteiger partial charge is 0.324 e. The summed E-state index contributed by atoms with van der Waals surface area (Å²) in [5, 5.41) is 0.601. The summed E-state index contributed by atoms with van der Waals surface area (Å²) in [4.78, 5) is 39.5. The maximum atomic E-state index is 12.2. The zero-order valence-electron chi connectivity index (χ0n) is 12.9. The van der Waals surface area contributed by atoms with E-state index in [0.29, 0.717) is 28.3 Å². The van der Waals surface area contributed by atoms with Crippen LogP contribution in [0.25, 0.3) is 10.9 Å². The number of ether oxygens (including phenoxy) is 2. The fourth-order valence-corrected chi connectivity index (χ4v) is 2.31. The average molecular weight is 315 g/mol. The van der Waals surface area contributed by atoms with Gasteiger partial charge in [0.05, 0.1) is 18.7 Å². The minimum absolute atomic E-state index is 0.160. The van der Waals surface area contributed by atoms with E-state index < -0.39 is 17.9 Å². The summed E-state index contributed by atoms with van der Waals surface area (Å²) >= 11 is 0. The molecular formula is C17H17NO5. The summed E-state index contributed by atoms with van der Waals surface area (Å²) in [6, 6.07) is 6.45. The Morgan fingerprint density at radius 1 is 1.13 bits per heavy atom. The molecule has 0 spiro atoms. The summed E-state index contributed by atoms with van der Waals surface area (Å²) in [5.74, 6) is -2.52. The van der Waals surface area contributed by atoms with E-state index in [-0.39, 0.29) is 13.2 Å². The number of rotatable bonds is 6. The Morgan fingerprint density at radius 3 is 2.35 bits per heavy atom. The molecule has 0 fully saturated rings. The van der Waals surface area contributed by atoms with Crippen LogP contribution < -0.4 is 0 Å². The number of hydrogen-bond donors (Lipinski definition) is 0. The Balaban J connectivity index is 2.57. The lowest BCUT2D eigenvalue weighted by Crippen LogP contribution is -2.26. The highest BCUT2D eigenvalue weighted by atomic mass is 16.6. The highest BCUT2D eigenvalue weighted by Gasteiger charge is 2.32. The zero-order chi connectivity index (χ0) is 16.8. The minimum atomic E-state index is -1.18. The van der Waals surface area contributed by atoms with Gasteiger partial charge in [-0.2, -0.15) is 0 Å². The Bertz CT molecular complexity index is 723. The highest BCUT2D eigenvalue weighted by Crippen LogP contribution is 2.27. The summed E-state index contributed by atoms with van der Waals surface area (Å²) in [7, 11) is 0. The van der Waals surface area contributed by atoms with Crippen molar-refractivity contribution in [2.45, 2.75) is 19.8 Å². The van der Waals surface area contributed by atoms with Gasteiger partial charge >= 0.3 is 11.9 Å². The molecule has 0 N–H and O–H groups in total. The molecule has 23 heavy (non-hydrogen) atoms. The van der Waals surface area contributed by atoms with Crippen LogP contribution in [0.1, 0.15) is 35.7 Å². The number of carbonyl (C=O) groups excluding carboxylic acids is 3. The first-order valence-corrected chi connectivity index (χ1v) is 7.29. The Morgan fingerprint density at radius 2 is 1.78 bits per heavy atom. The van der Waals surface area contributed by atoms with Crippen LogP contribution in [-0.2, 0) is 19.1 Å². The molecule has 0 bridgehead atoms. The monoisotopic (exact) mass is 315 g/mol. The standard InChI is InChI=1S/C17H17NO5/c1-3-22-16(20)15(17(21)23-4-2)13-7-8-18-14-9-11(10-19)5-6-12(13)14/h5-10,15H,3-4H2,1-2H3. The number of carbonyl (C=O) groups is 3. The molecule has 0 radical (unpaired) electrons. The number of esters is 2. The van der Waals surface area contributed by atoms with Gasteiger partial charge in [0.25, 0.3) is 0 Å². The van der Waals surface area contributed by atoms with Crippen LogP contribution in [0.5, 0.6) is 0 Å². The predicted molar refractivity (Wildman–Crippen MR) is 83.1 cm³/mol. The van der Waals surface area contributed by atoms with Crippen molar-refractivity contribution < 1.29 is 23.9 Å². The van der Waals surface area contributed by atoms with Crippen molar-refractivity contribution >= 4 is 29.1 Å². The van der Waals surface area contributed by atoms with Crippen LogP contribution in [0.15, 0.2) is 30.5 Å². The lowest BCUT2D eigenvalue weighted by molar-refractivity contribution is -0.156. The van der Waals surface area contributed by atoms with E-state index in [9.17, 15) is 14.4 Å². The van der Waals surface area contributed by atoms with Crippen molar-refractivity contribution in [2.24, 2.45) is 0 Å². The molecule has 0 amide bonds. The molecule has 1 aromatic carbocycles. The van der Waals surface area contributed by atoms with Crippen LogP contribution in [0.3, 0.4) is 0 Å². The summed E-state index contributed by atoms with van der Waals surface area (Å²) in [6.45, 7) is 3.66. The van der Waals surface area contributed by atoms with Gasteiger partial charge in [0.15, 0.2) is 5.92 Å². The largest absolute Gasteiger partial charge is 0.465 e. The van der Waals surface area contributed by atoms with E-state index in [0.717, 1.165) is 0 Å². The van der Waals surface area contributed by atoms with Gasteiger partial charge in [-0.05, 0) is 31.5 Å². The second kappa shape index (κ2) is 7.49. The number of pyridine rings is 1. The Kier molecular flexibility index (Phi) is 5.41. The van der Waals surface area contributed by atoms with Crippen molar-refractivity contribution in [3.63, 3.8) is 0 Å². The van der Waals surface area contributed by atoms with E-state index in [4.69, 9.17) is 9.47 Å². The third-order valence-corrected chi connectivity index (χ3v) is 3.29. The summed E-state index contributed by atoms with van der Waals surface area (Å²) in [5.41, 5.74) is 1.43. The van der Waals surface area contributed by atoms with Crippen LogP contribution in [0.2, 0.25) is 0 Å². The minimum Gasteiger partial charge on any atom is -0.465 e. The van der Waals surface area contributed by atoms with Gasteiger partial charge in [-0.3, -0.25) is 19.4 Å². The Labute approximate surface area is 133 Å². The first-order chi connectivity index (χ1) is 11.1. The van der Waals surface area contributed by atoms with E-state index in [2.05, 4.69) is 4.98 Å². The van der Waals surface area contributed by atoms with Crippen molar-refractivity contribution in [1.29, 1.82) is 0 Å². The molecule has 6 heteroatoms. The molecular weight excluding hydrogens is 298 g/mol. The number of nitrogens with zero attached hydrogens (tertiary/aromatic N) is 1. The lowest BCUT2D eigenvalue weighted by atomic mass is 9.95. The van der Waals surface area contributed by atoms with Gasteiger partial charge in [-0.1, -0.05) is 12.1 Å². The third-order valence-electron chi connectivity index (χ3n) is 3.29. The molecule has 0 aliphatic rings. The van der Waals surface area contributed by atoms with E-state index in [1.54, 1.807) is 38.1 Å². The molecule has 1 aromatic heterocycles. The molecule has 6 nitrogen and oxygen atoms in total. The van der Waals surface area contributed by atoms with Crippen LogP contribution >= 0.6 is 0 Å². The molecule has 0 atom stereocenters. The maximum Gasteiger partial charge on any atom is 0.324 e. The van der Waals surface area contributed by atoms with E-state index in [1.165, 1.54) is 6.20 Å². The molecule has 120 valence electrons. The summed E-state index contributed by atoms with van der Waals surface area (Å²) < 4.78 is 10.0. The van der Waals surface area contributed by atoms with Gasteiger partial charge in [0.2, 0.25) is 0 Å². The molecule has 0 saturated carbocycles. The van der Waals surface area contributed by atoms with Crippen molar-refractivity contribution in [3.8, 4) is 0 Å². The fourth-order valence-electron chi connectivity index (χ4n) is 2.31. The molecule has 2 rings (SSSR count). The number of fused-ring (bicyclic) bond motifs is 1. The van der Waals surface area contributed by atoms with Crippen LogP contribution in [0, 0.1) is 0 Å². The molecule has 2 aromatic rings. The average Bonchev–Trinajstić information content (AvgIpc) is 2.55. The molecule has 0 aliphatic heterocycles. The van der Waals surface area contributed by atoms with Gasteiger partial charge in [0, 0.05) is 17.1 Å². The quantitative estimate of drug-likeness (QED) is 0.462. The third kappa shape index (κ3) is 3.53. The van der Waals surface area contributed by atoms with Crippen molar-refractivity contribution in [2.75, 3.05) is 13.2 Å². The number of aldehydes is 1. The van der Waals surface area contributed by atoms with E-state index in [1.807, 2.05) is 0 Å². The zero-order valence-corrected chi connectivity index (χ0v) is 12.9. The van der Waals surface area contributed by atoms with Gasteiger partial charge in [0.1, 0.15) is 6.29 Å². The second-order valence-corrected chi connectivity index (χ2v) is 4.73. The Hall–Kier alpha value is -2.76. The fraction of sp³-hybridized carbons (Fsp3) is 0.294. The number of hydrogen-bond acceptors (Lipinski definition) is 6. The topological polar surface area (TPSA) is 82.6 Å². The number of aromatic nitrogens is 1. The van der Waals surface area contributed by atoms with Gasteiger partial charge in [-0.25, -0.2) is 0 Å². The highest BCUT2D eigenvalue weighted by molar-refractivity contribution is 6.04. The SMILES string of the molecule is CCOC(=O)C(C(=O)OCC)c1ccnc2cc(C=O)ccc12. The number of benzene rings is 1. The lowest BCUT2D eigenvalue weighted by Gasteiger charge is -2.16. The normalized spacial score (nSPS) is 10.6. The molecule has 0 unspecified atom stereocenters. The van der Waals surface area contributed by atoms with Crippen molar-refractivity contribution in [3.05, 3.63) is 41.6 Å². The molecule has 0 aliphatic carbocycles. The van der Waals surface area contributed by atoms with Gasteiger partial charge < -0.3 is 9.47 Å². The second-order valence-electron chi connectivity index (χ2n) is 4.73. The first kappa shape index (κ1) is 16.6. The predicted octanol–water partition coefficient (Wildman–Crippen LogP) is 2.26. The van der Waals surface area contributed by atoms with Crippen LogP contribution in [0.4, 0.5) is 0 Å². The molecule has 1 heterocycles. The maximum absolute atomic E-state index is 12.2. The molecule has 0 saturated heterocycles. The van der Waals surface area contributed by atoms with Crippen LogP contribution in [-0.4, -0.2) is 36.4 Å².